The minimum absolute atomic E-state index is 0.798. The van der Waals surface area contributed by atoms with Crippen LogP contribution in [0, 0.1) is 0 Å². The summed E-state index contributed by atoms with van der Waals surface area (Å²) >= 11 is 1.55. The third-order valence-electron chi connectivity index (χ3n) is 1.69. The molecule has 0 atom stereocenters. The number of anilines is 2. The topological polar surface area (TPSA) is 50.7 Å². The van der Waals surface area contributed by atoms with Crippen molar-refractivity contribution >= 4 is 22.3 Å². The highest BCUT2D eigenvalue weighted by Crippen LogP contribution is 2.16. The summed E-state index contributed by atoms with van der Waals surface area (Å²) in [6, 6.07) is 1.83. The average Bonchev–Trinajstić information content (AvgIpc) is 2.71. The molecule has 4 nitrogen and oxygen atoms in total. The second kappa shape index (κ2) is 4.15. The number of nitrogens with one attached hydrogen (secondary N) is 1. The maximum atomic E-state index is 4.31. The third kappa shape index (κ3) is 2.05. The Morgan fingerprint density at radius 3 is 3.00 bits per heavy atom. The first-order chi connectivity index (χ1) is 6.88. The molecule has 1 N–H and O–H groups in total. The van der Waals surface area contributed by atoms with Crippen LogP contribution in [0.4, 0.5) is 10.9 Å². The van der Waals surface area contributed by atoms with Gasteiger partial charge in [-0.25, -0.2) is 15.0 Å². The van der Waals surface area contributed by atoms with Crippen molar-refractivity contribution in [2.24, 2.45) is 0 Å². The zero-order valence-corrected chi connectivity index (χ0v) is 8.58. The summed E-state index contributed by atoms with van der Waals surface area (Å²) in [5.74, 6) is 1.64. The first-order valence-corrected chi connectivity index (χ1v) is 5.25. The lowest BCUT2D eigenvalue weighted by Crippen LogP contribution is -1.97. The Balaban J connectivity index is 2.17. The van der Waals surface area contributed by atoms with E-state index < -0.39 is 0 Å². The average molecular weight is 206 g/mol. The lowest BCUT2D eigenvalue weighted by Gasteiger charge is -2.01. The van der Waals surface area contributed by atoms with Gasteiger partial charge in [0.25, 0.3) is 0 Å². The van der Waals surface area contributed by atoms with Crippen molar-refractivity contribution in [1.82, 2.24) is 15.0 Å². The molecule has 2 aromatic heterocycles. The number of aromatic nitrogens is 3. The number of hydrogen-bond donors (Lipinski definition) is 1. The molecule has 0 aromatic carbocycles. The molecular formula is C9H10N4S. The van der Waals surface area contributed by atoms with Crippen LogP contribution >= 0.6 is 11.3 Å². The summed E-state index contributed by atoms with van der Waals surface area (Å²) in [6.45, 7) is 2.03. The molecule has 0 amide bonds. The summed E-state index contributed by atoms with van der Waals surface area (Å²) < 4.78 is 0. The summed E-state index contributed by atoms with van der Waals surface area (Å²) in [4.78, 5) is 12.5. The normalized spacial score (nSPS) is 10.1. The van der Waals surface area contributed by atoms with Crippen LogP contribution in [0.15, 0.2) is 23.8 Å². The van der Waals surface area contributed by atoms with Crippen molar-refractivity contribution in [1.29, 1.82) is 0 Å². The predicted octanol–water partition coefficient (Wildman–Crippen LogP) is 2.24. The largest absolute Gasteiger partial charge is 0.316 e. The molecule has 0 saturated carbocycles. The Kier molecular flexibility index (Phi) is 2.69. The van der Waals surface area contributed by atoms with E-state index in [-0.39, 0.29) is 0 Å². The minimum Gasteiger partial charge on any atom is -0.316 e. The lowest BCUT2D eigenvalue weighted by molar-refractivity contribution is 0.943. The number of aryl methyl sites for hydroxylation is 1. The van der Waals surface area contributed by atoms with E-state index in [1.807, 2.05) is 18.4 Å². The maximum absolute atomic E-state index is 4.31. The molecule has 2 heterocycles. The van der Waals surface area contributed by atoms with Crippen molar-refractivity contribution < 1.29 is 0 Å². The van der Waals surface area contributed by atoms with Crippen LogP contribution < -0.4 is 5.32 Å². The molecule has 0 radical (unpaired) electrons. The summed E-state index contributed by atoms with van der Waals surface area (Å²) in [7, 11) is 0. The number of thiazole rings is 1. The molecule has 0 unspecified atom stereocenters. The zero-order chi connectivity index (χ0) is 9.80. The lowest BCUT2D eigenvalue weighted by atomic mass is 10.4. The molecule has 14 heavy (non-hydrogen) atoms. The first-order valence-electron chi connectivity index (χ1n) is 4.37. The fourth-order valence-electron chi connectivity index (χ4n) is 1.03. The van der Waals surface area contributed by atoms with Gasteiger partial charge in [0.15, 0.2) is 5.13 Å². The molecule has 72 valence electrons. The highest BCUT2D eigenvalue weighted by molar-refractivity contribution is 7.13. The SMILES string of the molecule is CCc1nccc(Nc2nccs2)n1. The van der Waals surface area contributed by atoms with E-state index >= 15 is 0 Å². The van der Waals surface area contributed by atoms with E-state index in [4.69, 9.17) is 0 Å². The van der Waals surface area contributed by atoms with E-state index in [0.29, 0.717) is 0 Å². The van der Waals surface area contributed by atoms with Crippen LogP contribution in [-0.4, -0.2) is 15.0 Å². The molecule has 0 aliphatic carbocycles. The number of hydrogen-bond acceptors (Lipinski definition) is 5. The molecule has 0 spiro atoms. The van der Waals surface area contributed by atoms with Crippen LogP contribution in [0.25, 0.3) is 0 Å². The van der Waals surface area contributed by atoms with Gasteiger partial charge in [0.2, 0.25) is 0 Å². The summed E-state index contributed by atoms with van der Waals surface area (Å²) in [6.07, 6.45) is 4.35. The second-order valence-corrected chi connectivity index (χ2v) is 3.57. The van der Waals surface area contributed by atoms with Crippen LogP contribution in [-0.2, 0) is 6.42 Å². The molecule has 0 fully saturated rings. The van der Waals surface area contributed by atoms with Gasteiger partial charge in [-0.2, -0.15) is 0 Å². The Morgan fingerprint density at radius 1 is 1.36 bits per heavy atom. The van der Waals surface area contributed by atoms with Crippen molar-refractivity contribution in [2.75, 3.05) is 5.32 Å². The van der Waals surface area contributed by atoms with Gasteiger partial charge in [0.1, 0.15) is 11.6 Å². The van der Waals surface area contributed by atoms with Gasteiger partial charge in [-0.3, -0.25) is 0 Å². The summed E-state index contributed by atoms with van der Waals surface area (Å²) in [5, 5.41) is 5.89. The van der Waals surface area contributed by atoms with Crippen LogP contribution in [0.2, 0.25) is 0 Å². The van der Waals surface area contributed by atoms with Crippen LogP contribution in [0.5, 0.6) is 0 Å². The minimum atomic E-state index is 0.798. The van der Waals surface area contributed by atoms with Gasteiger partial charge in [-0.1, -0.05) is 6.92 Å². The van der Waals surface area contributed by atoms with Gasteiger partial charge >= 0.3 is 0 Å². The summed E-state index contributed by atoms with van der Waals surface area (Å²) in [5.41, 5.74) is 0. The highest BCUT2D eigenvalue weighted by atomic mass is 32.1. The van der Waals surface area contributed by atoms with Crippen LogP contribution in [0.3, 0.4) is 0 Å². The van der Waals surface area contributed by atoms with E-state index in [0.717, 1.165) is 23.2 Å². The monoisotopic (exact) mass is 206 g/mol. The fourth-order valence-corrected chi connectivity index (χ4v) is 1.57. The van der Waals surface area contributed by atoms with Crippen molar-refractivity contribution in [3.63, 3.8) is 0 Å². The Morgan fingerprint density at radius 2 is 2.29 bits per heavy atom. The van der Waals surface area contributed by atoms with E-state index in [1.54, 1.807) is 23.7 Å². The Hall–Kier alpha value is -1.49. The van der Waals surface area contributed by atoms with Crippen molar-refractivity contribution in [2.45, 2.75) is 13.3 Å². The van der Waals surface area contributed by atoms with E-state index in [9.17, 15) is 0 Å². The van der Waals surface area contributed by atoms with E-state index in [2.05, 4.69) is 20.3 Å². The Bertz CT molecular complexity index is 399. The maximum Gasteiger partial charge on any atom is 0.188 e. The molecule has 0 aliphatic heterocycles. The first kappa shape index (κ1) is 9.08. The molecule has 0 aliphatic rings. The smallest absolute Gasteiger partial charge is 0.188 e. The quantitative estimate of drug-likeness (QED) is 0.836. The van der Waals surface area contributed by atoms with Crippen molar-refractivity contribution in [3.05, 3.63) is 29.7 Å². The van der Waals surface area contributed by atoms with Gasteiger partial charge in [-0.05, 0) is 6.07 Å². The van der Waals surface area contributed by atoms with Crippen LogP contribution in [0.1, 0.15) is 12.7 Å². The number of rotatable bonds is 3. The van der Waals surface area contributed by atoms with Gasteiger partial charge in [0.05, 0.1) is 0 Å². The Labute approximate surface area is 86.1 Å². The zero-order valence-electron chi connectivity index (χ0n) is 7.77. The number of nitrogens with zero attached hydrogens (tertiary/aromatic N) is 3. The molecule has 2 rings (SSSR count). The second-order valence-electron chi connectivity index (χ2n) is 2.67. The molecule has 5 heteroatoms. The molecule has 2 aromatic rings. The standard InChI is InChI=1S/C9H10N4S/c1-2-7-10-4-3-8(12-7)13-9-11-5-6-14-9/h3-6H,2H2,1H3,(H,10,11,12,13). The fraction of sp³-hybridized carbons (Fsp3) is 0.222. The molecular weight excluding hydrogens is 196 g/mol. The third-order valence-corrected chi connectivity index (χ3v) is 2.38. The van der Waals surface area contributed by atoms with Gasteiger partial charge in [-0.15, -0.1) is 11.3 Å². The molecule has 0 bridgehead atoms. The highest BCUT2D eigenvalue weighted by Gasteiger charge is 1.99. The van der Waals surface area contributed by atoms with Crippen molar-refractivity contribution in [3.8, 4) is 0 Å². The van der Waals surface area contributed by atoms with Gasteiger partial charge in [0, 0.05) is 24.2 Å². The predicted molar refractivity (Wildman–Crippen MR) is 56.8 cm³/mol. The molecule has 0 saturated heterocycles. The van der Waals surface area contributed by atoms with E-state index in [1.165, 1.54) is 0 Å². The van der Waals surface area contributed by atoms with Gasteiger partial charge < -0.3 is 5.32 Å².